The maximum Gasteiger partial charge on any atom is 0.449 e. The summed E-state index contributed by atoms with van der Waals surface area (Å²) in [6, 6.07) is 0. The lowest BCUT2D eigenvalue weighted by Gasteiger charge is -2.25. The molecule has 0 aromatic carbocycles. The van der Waals surface area contributed by atoms with E-state index in [1.54, 1.807) is 4.98 Å². The first-order chi connectivity index (χ1) is 9.45. The Kier molecular flexibility index (Phi) is 3.13. The lowest BCUT2D eigenvalue weighted by molar-refractivity contribution is -0.144. The second kappa shape index (κ2) is 4.70. The highest BCUT2D eigenvalue weighted by molar-refractivity contribution is 7.22. The first kappa shape index (κ1) is 13.3. The van der Waals surface area contributed by atoms with Gasteiger partial charge in [-0.15, -0.1) is 0 Å². The number of morpholine rings is 1. The lowest BCUT2D eigenvalue weighted by Crippen LogP contribution is -2.36. The van der Waals surface area contributed by atoms with Crippen LogP contribution >= 0.6 is 11.3 Å². The smallest absolute Gasteiger partial charge is 0.378 e. The van der Waals surface area contributed by atoms with Crippen molar-refractivity contribution in [3.05, 3.63) is 16.2 Å². The molecule has 0 aliphatic carbocycles. The van der Waals surface area contributed by atoms with Gasteiger partial charge in [-0.25, -0.2) is 4.98 Å². The third kappa shape index (κ3) is 2.36. The number of hydrogen-bond donors (Lipinski definition) is 1. The van der Waals surface area contributed by atoms with Crippen LogP contribution in [0.2, 0.25) is 0 Å². The van der Waals surface area contributed by atoms with Crippen molar-refractivity contribution in [2.75, 3.05) is 31.2 Å². The average molecular weight is 306 g/mol. The molecule has 1 N–H and O–H groups in total. The van der Waals surface area contributed by atoms with Crippen molar-refractivity contribution in [2.24, 2.45) is 0 Å². The summed E-state index contributed by atoms with van der Waals surface area (Å²) >= 11 is 1.04. The molecule has 0 atom stereocenters. The van der Waals surface area contributed by atoms with Crippen molar-refractivity contribution in [1.29, 1.82) is 0 Å². The number of thiazole rings is 1. The number of rotatable bonds is 1. The Morgan fingerprint density at radius 2 is 1.95 bits per heavy atom. The van der Waals surface area contributed by atoms with E-state index in [-0.39, 0.29) is 10.3 Å². The molecular weight excluding hydrogens is 297 g/mol. The number of fused-ring (bicyclic) bond motifs is 1. The fourth-order valence-corrected chi connectivity index (χ4v) is 2.80. The van der Waals surface area contributed by atoms with Crippen LogP contribution in [0.4, 0.5) is 18.3 Å². The lowest BCUT2D eigenvalue weighted by atomic mass is 10.5. The molecule has 3 rings (SSSR count). The fourth-order valence-electron chi connectivity index (χ4n) is 1.85. The SMILES string of the molecule is O=c1[nH]c(C(F)(F)F)nc2nc(N3CCOCC3)sc12. The molecule has 0 saturated carbocycles. The first-order valence-electron chi connectivity index (χ1n) is 5.76. The molecule has 0 amide bonds. The van der Waals surface area contributed by atoms with Gasteiger partial charge in [0.2, 0.25) is 5.82 Å². The minimum absolute atomic E-state index is 0.0968. The van der Waals surface area contributed by atoms with Crippen LogP contribution in [0.15, 0.2) is 4.79 Å². The van der Waals surface area contributed by atoms with Crippen LogP contribution in [0.25, 0.3) is 10.3 Å². The summed E-state index contributed by atoms with van der Waals surface area (Å²) in [5, 5.41) is 0.487. The molecule has 2 aromatic heterocycles. The monoisotopic (exact) mass is 306 g/mol. The number of H-pyrrole nitrogens is 1. The van der Waals surface area contributed by atoms with E-state index in [0.29, 0.717) is 31.4 Å². The standard InChI is InChI=1S/C10H9F3N4O2S/c11-10(12,13)8-14-6-5(7(18)16-8)20-9(15-6)17-1-3-19-4-2-17/h1-4H2,(H,14,16,18). The Balaban J connectivity index is 2.06. The number of aromatic amines is 1. The van der Waals surface area contributed by atoms with Crippen molar-refractivity contribution >= 4 is 26.8 Å². The highest BCUT2D eigenvalue weighted by Gasteiger charge is 2.35. The molecule has 0 bridgehead atoms. The fraction of sp³-hybridized carbons (Fsp3) is 0.500. The number of hydrogen-bond acceptors (Lipinski definition) is 6. The van der Waals surface area contributed by atoms with E-state index in [2.05, 4.69) is 9.97 Å². The summed E-state index contributed by atoms with van der Waals surface area (Å²) in [5.41, 5.74) is -0.994. The third-order valence-corrected chi connectivity index (χ3v) is 3.91. The topological polar surface area (TPSA) is 71.1 Å². The molecule has 10 heteroatoms. The Hall–Kier alpha value is -1.68. The van der Waals surface area contributed by atoms with E-state index in [4.69, 9.17) is 4.74 Å². The van der Waals surface area contributed by atoms with E-state index < -0.39 is 17.6 Å². The van der Waals surface area contributed by atoms with Gasteiger partial charge in [-0.3, -0.25) is 4.79 Å². The van der Waals surface area contributed by atoms with Crippen LogP contribution in [-0.4, -0.2) is 41.3 Å². The molecule has 1 aliphatic heterocycles. The van der Waals surface area contributed by atoms with Crippen LogP contribution < -0.4 is 10.5 Å². The maximum atomic E-state index is 12.6. The average Bonchev–Trinajstić information content (AvgIpc) is 2.83. The predicted molar refractivity (Wildman–Crippen MR) is 66.1 cm³/mol. The summed E-state index contributed by atoms with van der Waals surface area (Å²) in [6.45, 7) is 2.22. The van der Waals surface area contributed by atoms with E-state index >= 15 is 0 Å². The van der Waals surface area contributed by atoms with Crippen LogP contribution in [-0.2, 0) is 10.9 Å². The predicted octanol–water partition coefficient (Wildman–Crippen LogP) is 1.24. The molecule has 1 saturated heterocycles. The zero-order valence-electron chi connectivity index (χ0n) is 10.0. The third-order valence-electron chi connectivity index (χ3n) is 2.80. The molecule has 6 nitrogen and oxygen atoms in total. The Labute approximate surface area is 114 Å². The summed E-state index contributed by atoms with van der Waals surface area (Å²) in [5.74, 6) is -1.33. The number of ether oxygens (including phenoxy) is 1. The van der Waals surface area contributed by atoms with Crippen molar-refractivity contribution in [1.82, 2.24) is 15.0 Å². The second-order valence-corrected chi connectivity index (χ2v) is 5.14. The summed E-state index contributed by atoms with van der Waals surface area (Å²) in [7, 11) is 0. The number of anilines is 1. The van der Waals surface area contributed by atoms with Gasteiger partial charge in [-0.05, 0) is 0 Å². The number of alkyl halides is 3. The van der Waals surface area contributed by atoms with Gasteiger partial charge in [0, 0.05) is 13.1 Å². The van der Waals surface area contributed by atoms with Gasteiger partial charge < -0.3 is 14.6 Å². The number of nitrogens with one attached hydrogen (secondary N) is 1. The summed E-state index contributed by atoms with van der Waals surface area (Å²) in [4.78, 5) is 22.7. The van der Waals surface area contributed by atoms with Crippen LogP contribution in [0.3, 0.4) is 0 Å². The summed E-state index contributed by atoms with van der Waals surface area (Å²) in [6.07, 6.45) is -4.70. The second-order valence-electron chi connectivity index (χ2n) is 4.16. The van der Waals surface area contributed by atoms with Gasteiger partial charge in [0.05, 0.1) is 13.2 Å². The molecule has 0 spiro atoms. The highest BCUT2D eigenvalue weighted by Crippen LogP contribution is 2.29. The number of halogens is 3. The number of aromatic nitrogens is 3. The molecule has 1 aliphatic rings. The van der Waals surface area contributed by atoms with Crippen LogP contribution in [0.1, 0.15) is 5.82 Å². The van der Waals surface area contributed by atoms with Gasteiger partial charge in [0.25, 0.3) is 5.56 Å². The van der Waals surface area contributed by atoms with Crippen molar-refractivity contribution in [3.8, 4) is 0 Å². The van der Waals surface area contributed by atoms with Gasteiger partial charge >= 0.3 is 6.18 Å². The minimum atomic E-state index is -4.70. The summed E-state index contributed by atoms with van der Waals surface area (Å²) < 4.78 is 43.0. The Bertz CT molecular complexity index is 690. The Morgan fingerprint density at radius 3 is 2.60 bits per heavy atom. The van der Waals surface area contributed by atoms with Gasteiger partial charge in [-0.1, -0.05) is 11.3 Å². The molecule has 0 radical (unpaired) electrons. The van der Waals surface area contributed by atoms with Crippen molar-refractivity contribution in [2.45, 2.75) is 6.18 Å². The zero-order chi connectivity index (χ0) is 14.3. The Morgan fingerprint density at radius 1 is 1.25 bits per heavy atom. The first-order valence-corrected chi connectivity index (χ1v) is 6.57. The van der Waals surface area contributed by atoms with Gasteiger partial charge in [0.1, 0.15) is 4.70 Å². The number of nitrogens with zero attached hydrogens (tertiary/aromatic N) is 3. The van der Waals surface area contributed by atoms with Crippen molar-refractivity contribution in [3.63, 3.8) is 0 Å². The quantitative estimate of drug-likeness (QED) is 0.858. The molecule has 20 heavy (non-hydrogen) atoms. The van der Waals surface area contributed by atoms with E-state index in [0.717, 1.165) is 11.3 Å². The van der Waals surface area contributed by atoms with E-state index in [1.807, 2.05) is 4.90 Å². The van der Waals surface area contributed by atoms with Gasteiger partial charge in [-0.2, -0.15) is 18.2 Å². The molecule has 108 valence electrons. The van der Waals surface area contributed by atoms with Gasteiger partial charge in [0.15, 0.2) is 10.8 Å². The van der Waals surface area contributed by atoms with Crippen LogP contribution in [0, 0.1) is 0 Å². The molecule has 3 heterocycles. The minimum Gasteiger partial charge on any atom is -0.378 e. The van der Waals surface area contributed by atoms with Crippen molar-refractivity contribution < 1.29 is 17.9 Å². The van der Waals surface area contributed by atoms with E-state index in [9.17, 15) is 18.0 Å². The van der Waals surface area contributed by atoms with Crippen LogP contribution in [0.5, 0.6) is 0 Å². The molecular formula is C10H9F3N4O2S. The zero-order valence-corrected chi connectivity index (χ0v) is 10.8. The molecule has 1 fully saturated rings. The largest absolute Gasteiger partial charge is 0.449 e. The highest BCUT2D eigenvalue weighted by atomic mass is 32.1. The molecule has 2 aromatic rings. The van der Waals surface area contributed by atoms with E-state index in [1.165, 1.54) is 0 Å². The maximum absolute atomic E-state index is 12.6. The molecule has 0 unspecified atom stereocenters. The normalized spacial score (nSPS) is 16.9.